The zero-order valence-electron chi connectivity index (χ0n) is 9.77. The topological polar surface area (TPSA) is 46.5 Å². The number of benzene rings is 2. The molecule has 98 valence electrons. The predicted molar refractivity (Wildman–Crippen MR) is 74.2 cm³/mol. The number of halogens is 2. The second kappa shape index (κ2) is 5.95. The number of carboxylic acids is 1. The molecular formula is C14H10Cl2O3. The molecule has 0 amide bonds. The first-order chi connectivity index (χ1) is 9.06. The van der Waals surface area contributed by atoms with Gasteiger partial charge in [-0.05, 0) is 42.0 Å². The Morgan fingerprint density at radius 3 is 2.32 bits per heavy atom. The summed E-state index contributed by atoms with van der Waals surface area (Å²) in [5.41, 5.74) is 1.11. The molecule has 0 spiro atoms. The molecule has 0 aromatic heterocycles. The van der Waals surface area contributed by atoms with Gasteiger partial charge in [0.15, 0.2) is 0 Å². The zero-order chi connectivity index (χ0) is 13.8. The minimum absolute atomic E-state index is 0.224. The average Bonchev–Trinajstić information content (AvgIpc) is 2.40. The van der Waals surface area contributed by atoms with Gasteiger partial charge in [0.05, 0.1) is 15.6 Å². The van der Waals surface area contributed by atoms with Crippen molar-refractivity contribution in [1.82, 2.24) is 0 Å². The molecule has 1 N–H and O–H groups in total. The Morgan fingerprint density at radius 1 is 1.05 bits per heavy atom. The Bertz CT molecular complexity index is 594. The van der Waals surface area contributed by atoms with Crippen LogP contribution < -0.4 is 4.74 Å². The molecule has 5 heteroatoms. The van der Waals surface area contributed by atoms with Gasteiger partial charge in [-0.25, -0.2) is 4.79 Å². The third kappa shape index (κ3) is 3.63. The molecule has 19 heavy (non-hydrogen) atoms. The monoisotopic (exact) mass is 296 g/mol. The summed E-state index contributed by atoms with van der Waals surface area (Å²) >= 11 is 11.7. The molecule has 3 nitrogen and oxygen atoms in total. The lowest BCUT2D eigenvalue weighted by Crippen LogP contribution is -1.98. The van der Waals surface area contributed by atoms with Crippen LogP contribution in [0, 0.1) is 0 Å². The van der Waals surface area contributed by atoms with E-state index in [1.54, 1.807) is 24.3 Å². The fraction of sp³-hybridized carbons (Fsp3) is 0.0714. The Morgan fingerprint density at radius 2 is 1.74 bits per heavy atom. The highest BCUT2D eigenvalue weighted by Gasteiger charge is 2.03. The Kier molecular flexibility index (Phi) is 4.30. The third-order valence-electron chi connectivity index (χ3n) is 2.49. The number of ether oxygens (including phenoxy) is 1. The van der Waals surface area contributed by atoms with Gasteiger partial charge in [-0.15, -0.1) is 0 Å². The SMILES string of the molecule is O=C(O)c1ccc(OCc2ccc(Cl)c(Cl)c2)cc1. The molecule has 0 aliphatic rings. The third-order valence-corrected chi connectivity index (χ3v) is 3.23. The molecule has 0 bridgehead atoms. The molecule has 0 heterocycles. The average molecular weight is 297 g/mol. The minimum Gasteiger partial charge on any atom is -0.489 e. The standard InChI is InChI=1S/C14H10Cl2O3/c15-12-6-1-9(7-13(12)16)8-19-11-4-2-10(3-5-11)14(17)18/h1-7H,8H2,(H,17,18). The van der Waals surface area contributed by atoms with Crippen LogP contribution >= 0.6 is 23.2 Å². The van der Waals surface area contributed by atoms with Crippen molar-refractivity contribution in [1.29, 1.82) is 0 Å². The van der Waals surface area contributed by atoms with E-state index < -0.39 is 5.97 Å². The number of aromatic carboxylic acids is 1. The maximum atomic E-state index is 10.7. The summed E-state index contributed by atoms with van der Waals surface area (Å²) in [5.74, 6) is -0.368. The fourth-order valence-corrected chi connectivity index (χ4v) is 1.81. The molecule has 2 aromatic carbocycles. The van der Waals surface area contributed by atoms with Crippen molar-refractivity contribution in [2.75, 3.05) is 0 Å². The summed E-state index contributed by atoms with van der Waals surface area (Å²) < 4.78 is 5.53. The van der Waals surface area contributed by atoms with Crippen LogP contribution in [0.3, 0.4) is 0 Å². The van der Waals surface area contributed by atoms with Gasteiger partial charge in [0, 0.05) is 0 Å². The summed E-state index contributed by atoms with van der Waals surface area (Å²) in [6.45, 7) is 0.337. The van der Waals surface area contributed by atoms with E-state index in [4.69, 9.17) is 33.0 Å². The zero-order valence-corrected chi connectivity index (χ0v) is 11.3. The number of rotatable bonds is 4. The Balaban J connectivity index is 2.01. The highest BCUT2D eigenvalue weighted by Crippen LogP contribution is 2.23. The van der Waals surface area contributed by atoms with Gasteiger partial charge in [0.1, 0.15) is 12.4 Å². The van der Waals surface area contributed by atoms with E-state index in [9.17, 15) is 4.79 Å². The normalized spacial score (nSPS) is 10.2. The first kappa shape index (κ1) is 13.7. The van der Waals surface area contributed by atoms with Crippen LogP contribution in [0.5, 0.6) is 5.75 Å². The second-order valence-electron chi connectivity index (χ2n) is 3.87. The van der Waals surface area contributed by atoms with Crippen molar-refractivity contribution in [3.05, 3.63) is 63.6 Å². The number of carbonyl (C=O) groups is 1. The van der Waals surface area contributed by atoms with Gasteiger partial charge in [0.2, 0.25) is 0 Å². The van der Waals surface area contributed by atoms with Crippen molar-refractivity contribution >= 4 is 29.2 Å². The molecule has 0 fully saturated rings. The second-order valence-corrected chi connectivity index (χ2v) is 4.68. The Labute approximate surface area is 120 Å². The number of hydrogen-bond donors (Lipinski definition) is 1. The molecule has 0 aliphatic heterocycles. The minimum atomic E-state index is -0.962. The molecule has 0 aliphatic carbocycles. The maximum Gasteiger partial charge on any atom is 0.335 e. The van der Waals surface area contributed by atoms with Crippen LogP contribution in [-0.4, -0.2) is 11.1 Å². The quantitative estimate of drug-likeness (QED) is 0.916. The maximum absolute atomic E-state index is 10.7. The van der Waals surface area contributed by atoms with E-state index in [1.165, 1.54) is 12.1 Å². The molecule has 2 rings (SSSR count). The van der Waals surface area contributed by atoms with Crippen LogP contribution in [0.1, 0.15) is 15.9 Å². The highest BCUT2D eigenvalue weighted by atomic mass is 35.5. The first-order valence-electron chi connectivity index (χ1n) is 5.46. The smallest absolute Gasteiger partial charge is 0.335 e. The van der Waals surface area contributed by atoms with E-state index in [1.807, 2.05) is 6.07 Å². The first-order valence-corrected chi connectivity index (χ1v) is 6.22. The van der Waals surface area contributed by atoms with Crippen LogP contribution in [0.15, 0.2) is 42.5 Å². The van der Waals surface area contributed by atoms with Crippen LogP contribution in [0.4, 0.5) is 0 Å². The molecule has 0 atom stereocenters. The van der Waals surface area contributed by atoms with Gasteiger partial charge in [-0.2, -0.15) is 0 Å². The Hall–Kier alpha value is -1.71. The van der Waals surface area contributed by atoms with E-state index in [0.29, 0.717) is 22.4 Å². The van der Waals surface area contributed by atoms with Gasteiger partial charge >= 0.3 is 5.97 Å². The van der Waals surface area contributed by atoms with Crippen molar-refractivity contribution < 1.29 is 14.6 Å². The molecule has 0 saturated heterocycles. The van der Waals surface area contributed by atoms with Crippen LogP contribution in [0.25, 0.3) is 0 Å². The van der Waals surface area contributed by atoms with Crippen LogP contribution in [0.2, 0.25) is 10.0 Å². The molecule has 0 radical (unpaired) electrons. The summed E-state index contributed by atoms with van der Waals surface area (Å²) in [4.78, 5) is 10.7. The number of carboxylic acid groups (broad SMARTS) is 1. The predicted octanol–water partition coefficient (Wildman–Crippen LogP) is 4.27. The van der Waals surface area contributed by atoms with Crippen LogP contribution in [-0.2, 0) is 6.61 Å². The van der Waals surface area contributed by atoms with E-state index in [0.717, 1.165) is 5.56 Å². The largest absolute Gasteiger partial charge is 0.489 e. The summed E-state index contributed by atoms with van der Waals surface area (Å²) in [6.07, 6.45) is 0. The van der Waals surface area contributed by atoms with Crippen molar-refractivity contribution in [2.45, 2.75) is 6.61 Å². The van der Waals surface area contributed by atoms with E-state index in [-0.39, 0.29) is 5.56 Å². The van der Waals surface area contributed by atoms with E-state index >= 15 is 0 Å². The summed E-state index contributed by atoms with van der Waals surface area (Å²) in [5, 5.41) is 9.74. The number of hydrogen-bond acceptors (Lipinski definition) is 2. The lowest BCUT2D eigenvalue weighted by Gasteiger charge is -2.07. The highest BCUT2D eigenvalue weighted by molar-refractivity contribution is 6.42. The molecular weight excluding hydrogens is 287 g/mol. The summed E-state index contributed by atoms with van der Waals surface area (Å²) in [7, 11) is 0. The molecule has 0 saturated carbocycles. The fourth-order valence-electron chi connectivity index (χ4n) is 1.49. The van der Waals surface area contributed by atoms with Crippen molar-refractivity contribution in [2.24, 2.45) is 0 Å². The van der Waals surface area contributed by atoms with Gasteiger partial charge in [0.25, 0.3) is 0 Å². The lowest BCUT2D eigenvalue weighted by atomic mass is 10.2. The molecule has 2 aromatic rings. The van der Waals surface area contributed by atoms with Crippen molar-refractivity contribution in [3.63, 3.8) is 0 Å². The van der Waals surface area contributed by atoms with Gasteiger partial charge in [-0.3, -0.25) is 0 Å². The van der Waals surface area contributed by atoms with Crippen molar-refractivity contribution in [3.8, 4) is 5.75 Å². The summed E-state index contributed by atoms with van der Waals surface area (Å²) in [6, 6.07) is 11.5. The van der Waals surface area contributed by atoms with Gasteiger partial charge in [-0.1, -0.05) is 29.3 Å². The molecule has 0 unspecified atom stereocenters. The lowest BCUT2D eigenvalue weighted by molar-refractivity contribution is 0.0697. The van der Waals surface area contributed by atoms with E-state index in [2.05, 4.69) is 0 Å². The van der Waals surface area contributed by atoms with Gasteiger partial charge < -0.3 is 9.84 Å².